The van der Waals surface area contributed by atoms with E-state index in [1.54, 1.807) is 7.11 Å². The summed E-state index contributed by atoms with van der Waals surface area (Å²) < 4.78 is 10.8. The number of nitrogens with zero attached hydrogens (tertiary/aromatic N) is 1. The lowest BCUT2D eigenvalue weighted by Crippen LogP contribution is -2.54. The van der Waals surface area contributed by atoms with Gasteiger partial charge in [0, 0.05) is 12.6 Å². The third kappa shape index (κ3) is 4.34. The van der Waals surface area contributed by atoms with Crippen LogP contribution < -0.4 is 4.74 Å². The Balaban J connectivity index is 1.42. The van der Waals surface area contributed by atoms with Crippen molar-refractivity contribution in [3.63, 3.8) is 0 Å². The molecule has 5 nitrogen and oxygen atoms in total. The van der Waals surface area contributed by atoms with Crippen LogP contribution in [0.3, 0.4) is 0 Å². The Bertz CT molecular complexity index is 751. The van der Waals surface area contributed by atoms with Gasteiger partial charge in [-0.3, -0.25) is 9.59 Å². The lowest BCUT2D eigenvalue weighted by atomic mass is 9.71. The predicted octanol–water partition coefficient (Wildman–Crippen LogP) is 4.11. The predicted molar refractivity (Wildman–Crippen MR) is 110 cm³/mol. The SMILES string of the molecule is COc1ccc(COC(=O)[C@H]2CC=CC3CCN(C4CCCCC4)C(=O)C32)cc1. The zero-order chi connectivity index (χ0) is 20.2. The Morgan fingerprint density at radius 3 is 2.59 bits per heavy atom. The molecule has 3 atom stereocenters. The van der Waals surface area contributed by atoms with E-state index in [0.717, 1.165) is 37.1 Å². The summed E-state index contributed by atoms with van der Waals surface area (Å²) in [5.41, 5.74) is 0.917. The van der Waals surface area contributed by atoms with Crippen LogP contribution in [0.15, 0.2) is 36.4 Å². The number of allylic oxidation sites excluding steroid dienone is 2. The minimum atomic E-state index is -0.373. The van der Waals surface area contributed by atoms with Crippen LogP contribution >= 0.6 is 0 Å². The molecule has 1 amide bonds. The molecule has 0 bridgehead atoms. The fourth-order valence-corrected chi connectivity index (χ4v) is 5.17. The van der Waals surface area contributed by atoms with Crippen molar-refractivity contribution in [2.45, 2.75) is 57.6 Å². The highest BCUT2D eigenvalue weighted by atomic mass is 16.5. The van der Waals surface area contributed by atoms with E-state index in [9.17, 15) is 9.59 Å². The number of piperidine rings is 1. The molecule has 1 saturated carbocycles. The fourth-order valence-electron chi connectivity index (χ4n) is 5.17. The van der Waals surface area contributed by atoms with Crippen molar-refractivity contribution >= 4 is 11.9 Å². The Morgan fingerprint density at radius 2 is 1.86 bits per heavy atom. The Kier molecular flexibility index (Phi) is 6.22. The number of benzene rings is 1. The monoisotopic (exact) mass is 397 g/mol. The molecule has 2 unspecified atom stereocenters. The van der Waals surface area contributed by atoms with Gasteiger partial charge in [-0.2, -0.15) is 0 Å². The number of amides is 1. The lowest BCUT2D eigenvalue weighted by molar-refractivity contribution is -0.161. The second-order valence-corrected chi connectivity index (χ2v) is 8.53. The summed E-state index contributed by atoms with van der Waals surface area (Å²) in [6.45, 7) is 1.05. The zero-order valence-corrected chi connectivity index (χ0v) is 17.2. The van der Waals surface area contributed by atoms with Gasteiger partial charge in [-0.05, 0) is 49.3 Å². The van der Waals surface area contributed by atoms with Crippen molar-refractivity contribution in [1.29, 1.82) is 0 Å². The summed E-state index contributed by atoms with van der Waals surface area (Å²) in [6.07, 6.45) is 11.6. The number of carbonyl (C=O) groups is 2. The van der Waals surface area contributed by atoms with Crippen LogP contribution in [0, 0.1) is 17.8 Å². The third-order valence-corrected chi connectivity index (χ3v) is 6.80. The molecule has 156 valence electrons. The number of carbonyl (C=O) groups excluding carboxylic acids is 2. The molecule has 0 aromatic heterocycles. The van der Waals surface area contributed by atoms with Gasteiger partial charge in [-0.1, -0.05) is 43.5 Å². The van der Waals surface area contributed by atoms with Crippen molar-refractivity contribution in [3.05, 3.63) is 42.0 Å². The highest BCUT2D eigenvalue weighted by Crippen LogP contribution is 2.40. The second-order valence-electron chi connectivity index (χ2n) is 8.53. The van der Waals surface area contributed by atoms with Crippen LogP contribution in [-0.4, -0.2) is 36.5 Å². The molecule has 4 rings (SSSR count). The van der Waals surface area contributed by atoms with Gasteiger partial charge in [0.2, 0.25) is 5.91 Å². The highest BCUT2D eigenvalue weighted by molar-refractivity contribution is 5.87. The topological polar surface area (TPSA) is 55.8 Å². The van der Waals surface area contributed by atoms with Crippen molar-refractivity contribution in [2.24, 2.45) is 17.8 Å². The molecule has 1 aromatic carbocycles. The molecule has 1 heterocycles. The number of rotatable bonds is 5. The van der Waals surface area contributed by atoms with E-state index in [4.69, 9.17) is 9.47 Å². The number of fused-ring (bicyclic) bond motifs is 1. The molecule has 2 fully saturated rings. The highest BCUT2D eigenvalue weighted by Gasteiger charge is 2.46. The second kappa shape index (κ2) is 9.02. The molecule has 0 spiro atoms. The molecule has 1 aromatic rings. The molecule has 2 aliphatic carbocycles. The molecule has 0 N–H and O–H groups in total. The Hall–Kier alpha value is -2.30. The van der Waals surface area contributed by atoms with Crippen molar-refractivity contribution in [2.75, 3.05) is 13.7 Å². The summed E-state index contributed by atoms with van der Waals surface area (Å²) in [5.74, 6) is 0.217. The molecule has 5 heteroatoms. The average Bonchev–Trinajstić information content (AvgIpc) is 2.78. The molecule has 3 aliphatic rings. The number of methoxy groups -OCH3 is 1. The third-order valence-electron chi connectivity index (χ3n) is 6.80. The van der Waals surface area contributed by atoms with E-state index < -0.39 is 0 Å². The standard InChI is InChI=1S/C24H31NO4/c1-28-20-12-10-17(11-13-20)16-29-24(27)21-9-5-6-18-14-15-25(23(26)22(18)21)19-7-3-2-4-8-19/h5-6,10-13,18-19,21-22H,2-4,7-9,14-16H2,1H3/t18?,21-,22?/m0/s1. The van der Waals surface area contributed by atoms with Gasteiger partial charge >= 0.3 is 5.97 Å². The molecule has 1 aliphatic heterocycles. The minimum Gasteiger partial charge on any atom is -0.497 e. The van der Waals surface area contributed by atoms with Gasteiger partial charge in [-0.15, -0.1) is 0 Å². The number of ether oxygens (including phenoxy) is 2. The number of likely N-dealkylation sites (tertiary alicyclic amines) is 1. The lowest BCUT2D eigenvalue weighted by Gasteiger charge is -2.45. The van der Waals surface area contributed by atoms with Gasteiger partial charge in [-0.25, -0.2) is 0 Å². The number of hydrogen-bond acceptors (Lipinski definition) is 4. The zero-order valence-electron chi connectivity index (χ0n) is 17.2. The molecule has 0 radical (unpaired) electrons. The molecule has 29 heavy (non-hydrogen) atoms. The summed E-state index contributed by atoms with van der Waals surface area (Å²) in [4.78, 5) is 28.4. The largest absolute Gasteiger partial charge is 0.497 e. The quantitative estimate of drug-likeness (QED) is 0.554. The van der Waals surface area contributed by atoms with Crippen molar-refractivity contribution in [3.8, 4) is 5.75 Å². The number of esters is 1. The van der Waals surface area contributed by atoms with E-state index in [-0.39, 0.29) is 36.2 Å². The maximum Gasteiger partial charge on any atom is 0.310 e. The molecular weight excluding hydrogens is 366 g/mol. The summed E-state index contributed by atoms with van der Waals surface area (Å²) >= 11 is 0. The summed E-state index contributed by atoms with van der Waals surface area (Å²) in [6, 6.07) is 7.86. The van der Waals surface area contributed by atoms with Crippen LogP contribution in [0.4, 0.5) is 0 Å². The van der Waals surface area contributed by atoms with Crippen LogP contribution in [0.25, 0.3) is 0 Å². The van der Waals surface area contributed by atoms with Crippen LogP contribution in [-0.2, 0) is 20.9 Å². The van der Waals surface area contributed by atoms with E-state index in [2.05, 4.69) is 17.1 Å². The average molecular weight is 398 g/mol. The minimum absolute atomic E-state index is 0.162. The first kappa shape index (κ1) is 20.0. The van der Waals surface area contributed by atoms with E-state index in [1.807, 2.05) is 24.3 Å². The van der Waals surface area contributed by atoms with Gasteiger partial charge in [0.25, 0.3) is 0 Å². The van der Waals surface area contributed by atoms with E-state index in [1.165, 1.54) is 19.3 Å². The van der Waals surface area contributed by atoms with E-state index in [0.29, 0.717) is 12.5 Å². The smallest absolute Gasteiger partial charge is 0.310 e. The first-order valence-electron chi connectivity index (χ1n) is 10.9. The maximum absolute atomic E-state index is 13.4. The molecular formula is C24H31NO4. The van der Waals surface area contributed by atoms with Crippen molar-refractivity contribution in [1.82, 2.24) is 4.90 Å². The fraction of sp³-hybridized carbons (Fsp3) is 0.583. The van der Waals surface area contributed by atoms with Crippen LogP contribution in [0.2, 0.25) is 0 Å². The van der Waals surface area contributed by atoms with Crippen molar-refractivity contribution < 1.29 is 19.1 Å². The maximum atomic E-state index is 13.4. The van der Waals surface area contributed by atoms with E-state index >= 15 is 0 Å². The normalized spacial score (nSPS) is 27.4. The van der Waals surface area contributed by atoms with Crippen LogP contribution in [0.1, 0.15) is 50.5 Å². The first-order chi connectivity index (χ1) is 14.2. The Morgan fingerprint density at radius 1 is 1.10 bits per heavy atom. The molecule has 1 saturated heterocycles. The van der Waals surface area contributed by atoms with Gasteiger partial charge in [0.1, 0.15) is 12.4 Å². The van der Waals surface area contributed by atoms with Crippen LogP contribution in [0.5, 0.6) is 5.75 Å². The Labute approximate surface area is 173 Å². The van der Waals surface area contributed by atoms with Gasteiger partial charge < -0.3 is 14.4 Å². The number of hydrogen-bond donors (Lipinski definition) is 0. The van der Waals surface area contributed by atoms with Gasteiger partial charge in [0.15, 0.2) is 0 Å². The van der Waals surface area contributed by atoms with Gasteiger partial charge in [0.05, 0.1) is 18.9 Å². The first-order valence-corrected chi connectivity index (χ1v) is 10.9. The summed E-state index contributed by atoms with van der Waals surface area (Å²) in [5, 5.41) is 0. The summed E-state index contributed by atoms with van der Waals surface area (Å²) in [7, 11) is 1.62.